The Balaban J connectivity index is 2.22. The SMILES string of the molecule is CCC(C)NCc1ccc(-c2ccc(OC)c(C)c2)[nH]c1=O. The van der Waals surface area contributed by atoms with Gasteiger partial charge in [0.1, 0.15) is 5.75 Å². The van der Waals surface area contributed by atoms with Gasteiger partial charge in [0.25, 0.3) is 5.56 Å². The van der Waals surface area contributed by atoms with Crippen LogP contribution in [0.25, 0.3) is 11.3 Å². The molecule has 0 saturated heterocycles. The maximum absolute atomic E-state index is 12.2. The molecule has 0 bridgehead atoms. The molecule has 0 fully saturated rings. The largest absolute Gasteiger partial charge is 0.496 e. The van der Waals surface area contributed by atoms with Gasteiger partial charge in [-0.3, -0.25) is 4.79 Å². The number of benzene rings is 1. The van der Waals surface area contributed by atoms with E-state index in [9.17, 15) is 4.79 Å². The lowest BCUT2D eigenvalue weighted by molar-refractivity contribution is 0.412. The molecule has 4 heteroatoms. The molecule has 1 atom stereocenters. The smallest absolute Gasteiger partial charge is 0.252 e. The van der Waals surface area contributed by atoms with Gasteiger partial charge in [-0.15, -0.1) is 0 Å². The highest BCUT2D eigenvalue weighted by atomic mass is 16.5. The van der Waals surface area contributed by atoms with Crippen LogP contribution in [-0.4, -0.2) is 18.1 Å². The number of nitrogens with one attached hydrogen (secondary N) is 2. The van der Waals surface area contributed by atoms with Crippen LogP contribution in [0.4, 0.5) is 0 Å². The van der Waals surface area contributed by atoms with Gasteiger partial charge in [-0.25, -0.2) is 0 Å². The molecule has 1 aromatic carbocycles. The van der Waals surface area contributed by atoms with Crippen molar-refractivity contribution in [1.82, 2.24) is 10.3 Å². The summed E-state index contributed by atoms with van der Waals surface area (Å²) in [4.78, 5) is 15.2. The van der Waals surface area contributed by atoms with Gasteiger partial charge >= 0.3 is 0 Å². The maximum atomic E-state index is 12.2. The van der Waals surface area contributed by atoms with E-state index in [0.29, 0.717) is 12.6 Å². The summed E-state index contributed by atoms with van der Waals surface area (Å²) < 4.78 is 5.26. The monoisotopic (exact) mass is 300 g/mol. The third kappa shape index (κ3) is 3.77. The highest BCUT2D eigenvalue weighted by molar-refractivity contribution is 5.62. The third-order valence-corrected chi connectivity index (χ3v) is 3.95. The summed E-state index contributed by atoms with van der Waals surface area (Å²) in [5.41, 5.74) is 3.57. The van der Waals surface area contributed by atoms with Crippen LogP contribution < -0.4 is 15.6 Å². The van der Waals surface area contributed by atoms with Gasteiger partial charge in [0.05, 0.1) is 7.11 Å². The average Bonchev–Trinajstić information content (AvgIpc) is 2.53. The van der Waals surface area contributed by atoms with E-state index in [2.05, 4.69) is 24.1 Å². The van der Waals surface area contributed by atoms with E-state index >= 15 is 0 Å². The molecule has 118 valence electrons. The Morgan fingerprint density at radius 1 is 1.27 bits per heavy atom. The molecule has 4 nitrogen and oxygen atoms in total. The first-order chi connectivity index (χ1) is 10.5. The number of hydrogen-bond acceptors (Lipinski definition) is 3. The molecule has 0 radical (unpaired) electrons. The molecule has 0 amide bonds. The second-order valence-corrected chi connectivity index (χ2v) is 5.60. The fourth-order valence-corrected chi connectivity index (χ4v) is 2.29. The van der Waals surface area contributed by atoms with Gasteiger partial charge in [-0.1, -0.05) is 13.0 Å². The van der Waals surface area contributed by atoms with Crippen LogP contribution in [0.3, 0.4) is 0 Å². The summed E-state index contributed by atoms with van der Waals surface area (Å²) >= 11 is 0. The van der Waals surface area contributed by atoms with E-state index in [1.54, 1.807) is 7.11 Å². The zero-order chi connectivity index (χ0) is 16.1. The number of methoxy groups -OCH3 is 1. The lowest BCUT2D eigenvalue weighted by atomic mass is 10.1. The molecule has 0 aliphatic rings. The molecule has 0 saturated carbocycles. The molecule has 0 aliphatic carbocycles. The van der Waals surface area contributed by atoms with Crippen molar-refractivity contribution in [3.8, 4) is 17.0 Å². The van der Waals surface area contributed by atoms with Gasteiger partial charge in [0.15, 0.2) is 0 Å². The fourth-order valence-electron chi connectivity index (χ4n) is 2.29. The molecule has 1 aromatic heterocycles. The zero-order valence-electron chi connectivity index (χ0n) is 13.7. The number of ether oxygens (including phenoxy) is 1. The lowest BCUT2D eigenvalue weighted by Gasteiger charge is -2.11. The highest BCUT2D eigenvalue weighted by Crippen LogP contribution is 2.24. The zero-order valence-corrected chi connectivity index (χ0v) is 13.7. The first-order valence-electron chi connectivity index (χ1n) is 7.65. The van der Waals surface area contributed by atoms with Crippen LogP contribution in [-0.2, 0) is 6.54 Å². The lowest BCUT2D eigenvalue weighted by Crippen LogP contribution is -2.28. The summed E-state index contributed by atoms with van der Waals surface area (Å²) in [6, 6.07) is 10.1. The normalized spacial score (nSPS) is 12.2. The Hall–Kier alpha value is -2.07. The Morgan fingerprint density at radius 3 is 2.64 bits per heavy atom. The van der Waals surface area contributed by atoms with Crippen LogP contribution in [0.5, 0.6) is 5.75 Å². The quantitative estimate of drug-likeness (QED) is 0.861. The molecule has 2 aromatic rings. The third-order valence-electron chi connectivity index (χ3n) is 3.95. The Morgan fingerprint density at radius 2 is 2.05 bits per heavy atom. The van der Waals surface area contributed by atoms with E-state index < -0.39 is 0 Å². The van der Waals surface area contributed by atoms with E-state index in [-0.39, 0.29) is 5.56 Å². The second kappa shape index (κ2) is 7.27. The van der Waals surface area contributed by atoms with Crippen molar-refractivity contribution in [2.75, 3.05) is 7.11 Å². The number of aryl methyl sites for hydroxylation is 1. The van der Waals surface area contributed by atoms with Crippen molar-refractivity contribution in [1.29, 1.82) is 0 Å². The molecule has 1 unspecified atom stereocenters. The van der Waals surface area contributed by atoms with Gasteiger partial charge in [0, 0.05) is 23.8 Å². The summed E-state index contributed by atoms with van der Waals surface area (Å²) in [5.74, 6) is 0.848. The molecular formula is C18H24N2O2. The Labute approximate surface area is 131 Å². The summed E-state index contributed by atoms with van der Waals surface area (Å²) in [5, 5.41) is 3.34. The Bertz CT molecular complexity index is 692. The van der Waals surface area contributed by atoms with Gasteiger partial charge in [0.2, 0.25) is 0 Å². The summed E-state index contributed by atoms with van der Waals surface area (Å²) in [7, 11) is 1.66. The molecule has 2 N–H and O–H groups in total. The number of rotatable bonds is 6. The first kappa shape index (κ1) is 16.3. The maximum Gasteiger partial charge on any atom is 0.252 e. The molecule has 0 aliphatic heterocycles. The molecule has 0 spiro atoms. The fraction of sp³-hybridized carbons (Fsp3) is 0.389. The standard InChI is InChI=1S/C18H24N2O2/c1-5-13(3)19-11-15-6-8-16(20-18(15)21)14-7-9-17(22-4)12(2)10-14/h6-10,13,19H,5,11H2,1-4H3,(H,20,21). The Kier molecular flexibility index (Phi) is 5.39. The number of pyridine rings is 1. The topological polar surface area (TPSA) is 54.1 Å². The molecular weight excluding hydrogens is 276 g/mol. The van der Waals surface area contributed by atoms with Crippen molar-refractivity contribution in [2.24, 2.45) is 0 Å². The van der Waals surface area contributed by atoms with E-state index in [1.165, 1.54) is 0 Å². The molecule has 1 heterocycles. The number of hydrogen-bond donors (Lipinski definition) is 2. The molecule has 22 heavy (non-hydrogen) atoms. The van der Waals surface area contributed by atoms with Crippen molar-refractivity contribution in [3.05, 3.63) is 51.8 Å². The van der Waals surface area contributed by atoms with Crippen LogP contribution >= 0.6 is 0 Å². The van der Waals surface area contributed by atoms with Crippen LogP contribution in [0.1, 0.15) is 31.4 Å². The average molecular weight is 300 g/mol. The summed E-state index contributed by atoms with van der Waals surface area (Å²) in [6.45, 7) is 6.82. The number of aromatic amines is 1. The van der Waals surface area contributed by atoms with E-state index in [1.807, 2.05) is 37.3 Å². The van der Waals surface area contributed by atoms with Gasteiger partial charge < -0.3 is 15.0 Å². The van der Waals surface area contributed by atoms with Crippen LogP contribution in [0.2, 0.25) is 0 Å². The second-order valence-electron chi connectivity index (χ2n) is 5.60. The van der Waals surface area contributed by atoms with Crippen LogP contribution in [0.15, 0.2) is 35.1 Å². The predicted molar refractivity (Wildman–Crippen MR) is 90.4 cm³/mol. The molecule has 2 rings (SSSR count). The highest BCUT2D eigenvalue weighted by Gasteiger charge is 2.06. The van der Waals surface area contributed by atoms with Gasteiger partial charge in [-0.2, -0.15) is 0 Å². The van der Waals surface area contributed by atoms with E-state index in [4.69, 9.17) is 4.74 Å². The summed E-state index contributed by atoms with van der Waals surface area (Å²) in [6.07, 6.45) is 1.04. The first-order valence-corrected chi connectivity index (χ1v) is 7.65. The van der Waals surface area contributed by atoms with Crippen LogP contribution in [0, 0.1) is 6.92 Å². The minimum absolute atomic E-state index is 0.0400. The van der Waals surface area contributed by atoms with Crippen molar-refractivity contribution in [3.63, 3.8) is 0 Å². The van der Waals surface area contributed by atoms with Crippen molar-refractivity contribution in [2.45, 2.75) is 39.8 Å². The van der Waals surface area contributed by atoms with Gasteiger partial charge in [-0.05, 0) is 55.7 Å². The van der Waals surface area contributed by atoms with E-state index in [0.717, 1.165) is 34.6 Å². The number of H-pyrrole nitrogens is 1. The number of aromatic nitrogens is 1. The minimum Gasteiger partial charge on any atom is -0.496 e. The predicted octanol–water partition coefficient (Wildman–Crippen LogP) is 3.25. The van der Waals surface area contributed by atoms with Crippen molar-refractivity contribution >= 4 is 0 Å². The minimum atomic E-state index is -0.0400. The van der Waals surface area contributed by atoms with Crippen molar-refractivity contribution < 1.29 is 4.74 Å².